The molecule has 0 aromatic carbocycles. The summed E-state index contributed by atoms with van der Waals surface area (Å²) in [6.45, 7) is 1.74. The van der Waals surface area contributed by atoms with E-state index in [0.29, 0.717) is 23.3 Å². The van der Waals surface area contributed by atoms with E-state index in [1.165, 1.54) is 19.5 Å². The molecule has 2 heterocycles. The van der Waals surface area contributed by atoms with Gasteiger partial charge in [0.25, 0.3) is 5.89 Å². The third-order valence-electron chi connectivity index (χ3n) is 1.58. The zero-order chi connectivity index (χ0) is 9.97. The van der Waals surface area contributed by atoms with Gasteiger partial charge in [-0.1, -0.05) is 5.16 Å². The second-order valence-corrected chi connectivity index (χ2v) is 2.59. The average Bonchev–Trinajstić information content (AvgIpc) is 2.65. The van der Waals surface area contributed by atoms with Crippen LogP contribution < -0.4 is 4.74 Å². The lowest BCUT2D eigenvalue weighted by Gasteiger charge is -1.96. The van der Waals surface area contributed by atoms with Crippen molar-refractivity contribution in [2.75, 3.05) is 7.11 Å². The highest BCUT2D eigenvalue weighted by molar-refractivity contribution is 5.44. The van der Waals surface area contributed by atoms with Gasteiger partial charge in [0, 0.05) is 0 Å². The molecule has 0 fully saturated rings. The summed E-state index contributed by atoms with van der Waals surface area (Å²) in [7, 11) is 1.53. The molecule has 0 atom stereocenters. The first-order valence-electron chi connectivity index (χ1n) is 3.96. The van der Waals surface area contributed by atoms with Crippen LogP contribution in [0.2, 0.25) is 0 Å². The minimum atomic E-state index is 0.359. The van der Waals surface area contributed by atoms with Gasteiger partial charge in [0.05, 0.1) is 19.5 Å². The number of hydrogen-bond donors (Lipinski definition) is 0. The van der Waals surface area contributed by atoms with Crippen molar-refractivity contribution < 1.29 is 9.26 Å². The van der Waals surface area contributed by atoms with Crippen LogP contribution in [0.15, 0.2) is 16.9 Å². The molecule has 0 saturated carbocycles. The number of nitrogens with zero attached hydrogens (tertiary/aromatic N) is 4. The van der Waals surface area contributed by atoms with E-state index in [9.17, 15) is 0 Å². The fourth-order valence-corrected chi connectivity index (χ4v) is 0.933. The van der Waals surface area contributed by atoms with Gasteiger partial charge < -0.3 is 9.26 Å². The molecule has 72 valence electrons. The van der Waals surface area contributed by atoms with Crippen molar-refractivity contribution in [2.45, 2.75) is 6.92 Å². The molecular formula is C8H8N4O2. The second kappa shape index (κ2) is 3.41. The molecule has 0 unspecified atom stereocenters. The largest absolute Gasteiger partial charge is 0.480 e. The minimum absolute atomic E-state index is 0.359. The zero-order valence-electron chi connectivity index (χ0n) is 7.76. The summed E-state index contributed by atoms with van der Waals surface area (Å²) in [6, 6.07) is 0. The summed E-state index contributed by atoms with van der Waals surface area (Å²) in [5.41, 5.74) is 0.534. The van der Waals surface area contributed by atoms with Crippen LogP contribution in [-0.2, 0) is 0 Å². The lowest BCUT2D eigenvalue weighted by molar-refractivity contribution is 0.394. The highest BCUT2D eigenvalue weighted by Gasteiger charge is 2.07. The molecular weight excluding hydrogens is 184 g/mol. The molecule has 0 N–H and O–H groups in total. The number of hydrogen-bond acceptors (Lipinski definition) is 6. The van der Waals surface area contributed by atoms with Crippen LogP contribution in [0.1, 0.15) is 5.82 Å². The van der Waals surface area contributed by atoms with E-state index in [2.05, 4.69) is 20.1 Å². The second-order valence-electron chi connectivity index (χ2n) is 2.59. The van der Waals surface area contributed by atoms with Crippen LogP contribution in [0.3, 0.4) is 0 Å². The van der Waals surface area contributed by atoms with Gasteiger partial charge in [-0.3, -0.25) is 0 Å². The molecule has 0 radical (unpaired) electrons. The molecule has 6 nitrogen and oxygen atoms in total. The summed E-state index contributed by atoms with van der Waals surface area (Å²) in [5, 5.41) is 3.65. The smallest absolute Gasteiger partial charge is 0.278 e. The Labute approximate surface area is 80.0 Å². The maximum absolute atomic E-state index is 4.92. The maximum atomic E-state index is 4.92. The van der Waals surface area contributed by atoms with Gasteiger partial charge in [-0.05, 0) is 6.92 Å². The first-order valence-corrected chi connectivity index (χ1v) is 3.96. The van der Waals surface area contributed by atoms with Gasteiger partial charge in [-0.25, -0.2) is 9.97 Å². The quantitative estimate of drug-likeness (QED) is 0.702. The molecule has 0 aliphatic carbocycles. The Morgan fingerprint density at radius 1 is 1.29 bits per heavy atom. The van der Waals surface area contributed by atoms with E-state index in [0.717, 1.165) is 0 Å². The predicted octanol–water partition coefficient (Wildman–Crippen LogP) is 0.844. The third kappa shape index (κ3) is 1.54. The molecule has 0 bridgehead atoms. The van der Waals surface area contributed by atoms with Gasteiger partial charge >= 0.3 is 0 Å². The highest BCUT2D eigenvalue weighted by atomic mass is 16.5. The van der Waals surface area contributed by atoms with Gasteiger partial charge in [0.1, 0.15) is 5.69 Å². The van der Waals surface area contributed by atoms with Crippen molar-refractivity contribution >= 4 is 0 Å². The monoisotopic (exact) mass is 192 g/mol. The van der Waals surface area contributed by atoms with E-state index < -0.39 is 0 Å². The van der Waals surface area contributed by atoms with Crippen molar-refractivity contribution in [2.24, 2.45) is 0 Å². The Bertz CT molecular complexity index is 423. The number of rotatable bonds is 2. The van der Waals surface area contributed by atoms with E-state index in [1.54, 1.807) is 6.92 Å². The van der Waals surface area contributed by atoms with Crippen LogP contribution in [0.5, 0.6) is 5.88 Å². The topological polar surface area (TPSA) is 73.9 Å². The summed E-state index contributed by atoms with van der Waals surface area (Å²) >= 11 is 0. The number of aromatic nitrogens is 4. The third-order valence-corrected chi connectivity index (χ3v) is 1.58. The first kappa shape index (κ1) is 8.61. The van der Waals surface area contributed by atoms with E-state index >= 15 is 0 Å². The van der Waals surface area contributed by atoms with Crippen LogP contribution >= 0.6 is 0 Å². The molecule has 2 rings (SSSR count). The van der Waals surface area contributed by atoms with Crippen molar-refractivity contribution in [1.82, 2.24) is 20.1 Å². The molecule has 0 aliphatic rings. The van der Waals surface area contributed by atoms with Crippen molar-refractivity contribution in [3.63, 3.8) is 0 Å². The molecule has 2 aromatic heterocycles. The van der Waals surface area contributed by atoms with Gasteiger partial charge in [0.2, 0.25) is 5.88 Å². The Balaban J connectivity index is 2.33. The van der Waals surface area contributed by atoms with Crippen LogP contribution in [-0.4, -0.2) is 27.2 Å². The highest BCUT2D eigenvalue weighted by Crippen LogP contribution is 2.14. The SMILES string of the molecule is COc1cnc(-c2nc(C)no2)cn1. The van der Waals surface area contributed by atoms with Crippen LogP contribution in [0.4, 0.5) is 0 Å². The average molecular weight is 192 g/mol. The normalized spacial score (nSPS) is 10.1. The summed E-state index contributed by atoms with van der Waals surface area (Å²) in [4.78, 5) is 12.0. The van der Waals surface area contributed by atoms with Gasteiger partial charge in [-0.15, -0.1) is 0 Å². The number of ether oxygens (including phenoxy) is 1. The maximum Gasteiger partial charge on any atom is 0.278 e. The summed E-state index contributed by atoms with van der Waals surface area (Å²) in [6.07, 6.45) is 3.01. The molecule has 2 aromatic rings. The number of aryl methyl sites for hydroxylation is 1. The first-order chi connectivity index (χ1) is 6.79. The summed E-state index contributed by atoms with van der Waals surface area (Å²) < 4.78 is 9.79. The van der Waals surface area contributed by atoms with E-state index in [-0.39, 0.29) is 0 Å². The van der Waals surface area contributed by atoms with Gasteiger partial charge in [-0.2, -0.15) is 4.98 Å². The fraction of sp³-hybridized carbons (Fsp3) is 0.250. The minimum Gasteiger partial charge on any atom is -0.480 e. The molecule has 0 aliphatic heterocycles. The van der Waals surface area contributed by atoms with Crippen molar-refractivity contribution in [1.29, 1.82) is 0 Å². The molecule has 6 heteroatoms. The van der Waals surface area contributed by atoms with E-state index in [4.69, 9.17) is 9.26 Å². The lowest BCUT2D eigenvalue weighted by atomic mass is 10.4. The molecule has 14 heavy (non-hydrogen) atoms. The Morgan fingerprint density at radius 3 is 2.64 bits per heavy atom. The van der Waals surface area contributed by atoms with Crippen molar-refractivity contribution in [3.8, 4) is 17.5 Å². The molecule has 0 spiro atoms. The molecule has 0 saturated heterocycles. The molecule has 0 amide bonds. The van der Waals surface area contributed by atoms with Gasteiger partial charge in [0.15, 0.2) is 5.82 Å². The van der Waals surface area contributed by atoms with Crippen LogP contribution in [0.25, 0.3) is 11.6 Å². The Kier molecular flexibility index (Phi) is 2.10. The number of methoxy groups -OCH3 is 1. The zero-order valence-corrected chi connectivity index (χ0v) is 7.76. The van der Waals surface area contributed by atoms with E-state index in [1.807, 2.05) is 0 Å². The summed E-state index contributed by atoms with van der Waals surface area (Å²) in [5.74, 6) is 1.38. The van der Waals surface area contributed by atoms with Crippen LogP contribution in [0, 0.1) is 6.92 Å². The Hall–Kier alpha value is -1.98. The lowest BCUT2D eigenvalue weighted by Crippen LogP contribution is -1.90. The van der Waals surface area contributed by atoms with Crippen molar-refractivity contribution in [3.05, 3.63) is 18.2 Å². The fourth-order valence-electron chi connectivity index (χ4n) is 0.933. The predicted molar refractivity (Wildman–Crippen MR) is 46.6 cm³/mol. The Morgan fingerprint density at radius 2 is 2.14 bits per heavy atom. The standard InChI is InChI=1S/C8H8N4O2/c1-5-11-8(14-12-5)6-3-10-7(13-2)4-9-6/h3-4H,1-2H3.